The van der Waals surface area contributed by atoms with Crippen LogP contribution in [0, 0.1) is 5.82 Å². The molecule has 2 aromatic carbocycles. The third kappa shape index (κ3) is 5.93. The van der Waals surface area contributed by atoms with Gasteiger partial charge in [0.05, 0.1) is 11.8 Å². The van der Waals surface area contributed by atoms with Crippen LogP contribution in [0.4, 0.5) is 4.39 Å². The highest BCUT2D eigenvalue weighted by molar-refractivity contribution is 6.27. The van der Waals surface area contributed by atoms with E-state index in [-0.39, 0.29) is 18.0 Å². The summed E-state index contributed by atoms with van der Waals surface area (Å²) in [7, 11) is 2.16. The zero-order valence-corrected chi connectivity index (χ0v) is 19.4. The number of fused-ring (bicyclic) bond motifs is 2. The molecule has 8 nitrogen and oxygen atoms in total. The number of rotatable bonds is 3. The highest BCUT2D eigenvalue weighted by Gasteiger charge is 2.30. The van der Waals surface area contributed by atoms with Crippen molar-refractivity contribution in [2.24, 2.45) is 0 Å². The van der Waals surface area contributed by atoms with Gasteiger partial charge in [0, 0.05) is 31.4 Å². The number of aromatic nitrogens is 2. The van der Waals surface area contributed by atoms with Gasteiger partial charge in [-0.3, -0.25) is 0 Å². The first-order chi connectivity index (χ1) is 16.8. The number of likely N-dealkylation sites (tertiary alicyclic amines) is 1. The molecule has 1 atom stereocenters. The molecule has 3 heterocycles. The first kappa shape index (κ1) is 24.6. The van der Waals surface area contributed by atoms with Crippen molar-refractivity contribution in [1.29, 1.82) is 0 Å². The maximum Gasteiger partial charge on any atom is 0.414 e. The molecule has 0 saturated carbocycles. The Balaban J connectivity index is 0.000000431. The number of ether oxygens (including phenoxy) is 1. The molecule has 0 bridgehead atoms. The number of carboxylic acid groups (broad SMARTS) is 2. The maximum absolute atomic E-state index is 13.8. The lowest BCUT2D eigenvalue weighted by molar-refractivity contribution is -0.159. The number of imidazole rings is 1. The number of carboxylic acids is 2. The van der Waals surface area contributed by atoms with E-state index in [0.717, 1.165) is 56.0 Å². The van der Waals surface area contributed by atoms with Gasteiger partial charge in [0.2, 0.25) is 0 Å². The molecular formula is C26H28FN3O5. The van der Waals surface area contributed by atoms with Crippen LogP contribution >= 0.6 is 0 Å². The summed E-state index contributed by atoms with van der Waals surface area (Å²) >= 11 is 0. The molecule has 1 unspecified atom stereocenters. The van der Waals surface area contributed by atoms with E-state index < -0.39 is 11.9 Å². The van der Waals surface area contributed by atoms with Gasteiger partial charge < -0.3 is 24.4 Å². The van der Waals surface area contributed by atoms with Crippen molar-refractivity contribution < 1.29 is 28.9 Å². The summed E-state index contributed by atoms with van der Waals surface area (Å²) in [5.74, 6) is -2.96. The Labute approximate surface area is 202 Å². The van der Waals surface area contributed by atoms with Gasteiger partial charge in [0.25, 0.3) is 0 Å². The Morgan fingerprint density at radius 2 is 1.74 bits per heavy atom. The zero-order valence-electron chi connectivity index (χ0n) is 19.4. The molecule has 5 rings (SSSR count). The van der Waals surface area contributed by atoms with Crippen molar-refractivity contribution in [2.45, 2.75) is 38.0 Å². The fraction of sp³-hybridized carbons (Fsp3) is 0.346. The van der Waals surface area contributed by atoms with Gasteiger partial charge in [-0.2, -0.15) is 0 Å². The SMILES string of the molecule is CN1CCC(OC2c3ccccc3CCn3cc(-c4cccc(F)c4)nc32)CC1.O=C(O)C(=O)O. The van der Waals surface area contributed by atoms with Gasteiger partial charge in [0.1, 0.15) is 17.7 Å². The van der Waals surface area contributed by atoms with Crippen LogP contribution in [0.15, 0.2) is 54.7 Å². The quantitative estimate of drug-likeness (QED) is 0.551. The Bertz CT molecular complexity index is 1190. The largest absolute Gasteiger partial charge is 0.473 e. The molecule has 9 heteroatoms. The fourth-order valence-electron chi connectivity index (χ4n) is 4.45. The van der Waals surface area contributed by atoms with Crippen LogP contribution in [0.1, 0.15) is 35.9 Å². The summed E-state index contributed by atoms with van der Waals surface area (Å²) in [4.78, 5) is 25.5. The van der Waals surface area contributed by atoms with Gasteiger partial charge in [0.15, 0.2) is 0 Å². The Kier molecular flexibility index (Phi) is 7.57. The van der Waals surface area contributed by atoms with Crippen LogP contribution in [0.25, 0.3) is 11.3 Å². The Morgan fingerprint density at radius 3 is 2.43 bits per heavy atom. The summed E-state index contributed by atoms with van der Waals surface area (Å²) in [6.45, 7) is 2.96. The molecule has 3 aromatic rings. The topological polar surface area (TPSA) is 105 Å². The summed E-state index contributed by atoms with van der Waals surface area (Å²) in [5.41, 5.74) is 4.14. The molecule has 1 aromatic heterocycles. The fourth-order valence-corrected chi connectivity index (χ4v) is 4.45. The average Bonchev–Trinajstić information content (AvgIpc) is 3.21. The van der Waals surface area contributed by atoms with Gasteiger partial charge in [-0.25, -0.2) is 19.0 Å². The van der Waals surface area contributed by atoms with E-state index in [1.165, 1.54) is 17.2 Å². The molecule has 184 valence electrons. The number of hydrogen-bond donors (Lipinski definition) is 2. The maximum atomic E-state index is 13.8. The van der Waals surface area contributed by atoms with E-state index in [2.05, 4.69) is 40.8 Å². The summed E-state index contributed by atoms with van der Waals surface area (Å²) in [6.07, 6.45) is 5.09. The van der Waals surface area contributed by atoms with E-state index in [0.29, 0.717) is 0 Å². The average molecular weight is 482 g/mol. The normalized spacial score (nSPS) is 17.9. The molecule has 0 aliphatic carbocycles. The smallest absolute Gasteiger partial charge is 0.414 e. The lowest BCUT2D eigenvalue weighted by Gasteiger charge is -2.32. The molecule has 2 aliphatic heterocycles. The van der Waals surface area contributed by atoms with E-state index in [1.807, 2.05) is 12.3 Å². The lowest BCUT2D eigenvalue weighted by atomic mass is 10.00. The van der Waals surface area contributed by atoms with Crippen molar-refractivity contribution in [3.63, 3.8) is 0 Å². The zero-order chi connectivity index (χ0) is 24.9. The number of nitrogens with zero attached hydrogens (tertiary/aromatic N) is 3. The number of benzene rings is 2. The monoisotopic (exact) mass is 481 g/mol. The first-order valence-electron chi connectivity index (χ1n) is 11.5. The van der Waals surface area contributed by atoms with Crippen LogP contribution in [0.3, 0.4) is 0 Å². The molecular weight excluding hydrogens is 453 g/mol. The first-order valence-corrected chi connectivity index (χ1v) is 11.5. The van der Waals surface area contributed by atoms with Gasteiger partial charge >= 0.3 is 11.9 Å². The predicted molar refractivity (Wildman–Crippen MR) is 126 cm³/mol. The van der Waals surface area contributed by atoms with E-state index >= 15 is 0 Å². The molecule has 35 heavy (non-hydrogen) atoms. The summed E-state index contributed by atoms with van der Waals surface area (Å²) < 4.78 is 22.6. The van der Waals surface area contributed by atoms with Crippen molar-refractivity contribution in [3.8, 4) is 11.3 Å². The predicted octanol–water partition coefficient (Wildman–Crippen LogP) is 3.60. The van der Waals surface area contributed by atoms with Crippen LogP contribution < -0.4 is 0 Å². The minimum absolute atomic E-state index is 0.190. The molecule has 1 saturated heterocycles. The minimum Gasteiger partial charge on any atom is -0.473 e. The molecule has 0 spiro atoms. The molecule has 1 fully saturated rings. The lowest BCUT2D eigenvalue weighted by Crippen LogP contribution is -2.35. The van der Waals surface area contributed by atoms with Crippen LogP contribution in [-0.2, 0) is 27.3 Å². The van der Waals surface area contributed by atoms with Crippen LogP contribution in [0.2, 0.25) is 0 Å². The second-order valence-corrected chi connectivity index (χ2v) is 8.77. The third-order valence-electron chi connectivity index (χ3n) is 6.30. The second-order valence-electron chi connectivity index (χ2n) is 8.77. The van der Waals surface area contributed by atoms with Gasteiger partial charge in [-0.15, -0.1) is 0 Å². The number of carbonyl (C=O) groups is 2. The Morgan fingerprint density at radius 1 is 1.03 bits per heavy atom. The van der Waals surface area contributed by atoms with Crippen molar-refractivity contribution in [1.82, 2.24) is 14.5 Å². The van der Waals surface area contributed by atoms with Crippen molar-refractivity contribution >= 4 is 11.9 Å². The molecule has 0 radical (unpaired) electrons. The number of aryl methyl sites for hydroxylation is 2. The second kappa shape index (κ2) is 10.8. The van der Waals surface area contributed by atoms with Crippen LogP contribution in [0.5, 0.6) is 0 Å². The summed E-state index contributed by atoms with van der Waals surface area (Å²) in [5, 5.41) is 14.8. The van der Waals surface area contributed by atoms with Gasteiger partial charge in [-0.1, -0.05) is 36.4 Å². The van der Waals surface area contributed by atoms with Crippen LogP contribution in [-0.4, -0.2) is 62.8 Å². The van der Waals surface area contributed by atoms with E-state index in [1.54, 1.807) is 12.1 Å². The molecule has 2 aliphatic rings. The number of piperidine rings is 1. The van der Waals surface area contributed by atoms with E-state index in [9.17, 15) is 4.39 Å². The summed E-state index contributed by atoms with van der Waals surface area (Å²) in [6, 6.07) is 15.2. The van der Waals surface area contributed by atoms with Gasteiger partial charge in [-0.05, 0) is 49.6 Å². The Hall–Kier alpha value is -3.56. The van der Waals surface area contributed by atoms with Crippen molar-refractivity contribution in [3.05, 3.63) is 77.5 Å². The third-order valence-corrected chi connectivity index (χ3v) is 6.30. The number of hydrogen-bond acceptors (Lipinski definition) is 5. The highest BCUT2D eigenvalue weighted by atomic mass is 19.1. The van der Waals surface area contributed by atoms with E-state index in [4.69, 9.17) is 29.5 Å². The van der Waals surface area contributed by atoms with Crippen molar-refractivity contribution in [2.75, 3.05) is 20.1 Å². The number of halogens is 1. The minimum atomic E-state index is -1.82. The number of aliphatic carboxylic acids is 2. The molecule has 2 N–H and O–H groups in total. The molecule has 0 amide bonds. The highest BCUT2D eigenvalue weighted by Crippen LogP contribution is 2.35. The standard InChI is InChI=1S/C24H26FN3O.C2H2O4/c1-27-12-10-20(11-13-27)29-23-21-8-3-2-5-17(21)9-14-28-16-22(26-24(23)28)18-6-4-7-19(25)15-18;3-1(4)2(5)6/h2-8,15-16,20,23H,9-14H2,1H3;(H,3,4)(H,5,6).